The Balaban J connectivity index is 3.02. The first kappa shape index (κ1) is 15.5. The van der Waals surface area contributed by atoms with Gasteiger partial charge in [-0.05, 0) is 24.6 Å². The molecule has 1 aromatic carbocycles. The van der Waals surface area contributed by atoms with Crippen LogP contribution in [0.15, 0.2) is 23.1 Å². The summed E-state index contributed by atoms with van der Waals surface area (Å²) in [5, 5.41) is 2.33. The molecule has 0 fully saturated rings. The number of hydrogen-bond donors (Lipinski definition) is 3. The fourth-order valence-corrected chi connectivity index (χ4v) is 2.76. The number of nitrogens with one attached hydrogen (secondary N) is 2. The van der Waals surface area contributed by atoms with Crippen LogP contribution in [0.5, 0.6) is 0 Å². The molecule has 0 aliphatic rings. The van der Waals surface area contributed by atoms with Crippen LogP contribution < -0.4 is 15.8 Å². The van der Waals surface area contributed by atoms with E-state index in [1.54, 1.807) is 13.0 Å². The Bertz CT molecular complexity index is 612. The third-order valence-electron chi connectivity index (χ3n) is 2.45. The second-order valence-electron chi connectivity index (χ2n) is 3.84. The maximum Gasteiger partial charge on any atom is 0.241 e. The molecule has 1 amide bonds. The molecule has 1 rings (SSSR count). The summed E-state index contributed by atoms with van der Waals surface area (Å²) in [6.07, 6.45) is 0. The Morgan fingerprint density at radius 3 is 2.53 bits per heavy atom. The number of sulfonamides is 1. The minimum Gasteiger partial charge on any atom is -0.389 e. The first-order valence-electron chi connectivity index (χ1n) is 5.38. The van der Waals surface area contributed by atoms with E-state index in [4.69, 9.17) is 18.0 Å². The molecule has 0 bridgehead atoms. The van der Waals surface area contributed by atoms with Crippen molar-refractivity contribution in [3.05, 3.63) is 29.3 Å². The van der Waals surface area contributed by atoms with Gasteiger partial charge in [0.05, 0.1) is 11.4 Å². The molecular formula is C11H15N3O3S2. The Kier molecular flexibility index (Phi) is 4.98. The smallest absolute Gasteiger partial charge is 0.241 e. The van der Waals surface area contributed by atoms with E-state index in [1.165, 1.54) is 19.2 Å². The van der Waals surface area contributed by atoms with Crippen molar-refractivity contribution in [2.75, 3.05) is 13.6 Å². The average molecular weight is 301 g/mol. The third-order valence-corrected chi connectivity index (χ3v) is 4.25. The summed E-state index contributed by atoms with van der Waals surface area (Å²) in [6.45, 7) is 1.32. The molecule has 0 saturated heterocycles. The van der Waals surface area contributed by atoms with Gasteiger partial charge in [-0.3, -0.25) is 4.79 Å². The fourth-order valence-electron chi connectivity index (χ4n) is 1.43. The van der Waals surface area contributed by atoms with Gasteiger partial charge in [0.2, 0.25) is 15.9 Å². The maximum absolute atomic E-state index is 12.0. The molecular weight excluding hydrogens is 286 g/mol. The van der Waals surface area contributed by atoms with Crippen LogP contribution in [-0.2, 0) is 14.8 Å². The predicted octanol–water partition coefficient (Wildman–Crippen LogP) is -0.346. The standard InChI is InChI=1S/C11H15N3O3S2/c1-7-5-8(11(12)18)3-4-9(7)19(16,17)14-6-10(15)13-2/h3-5,14H,6H2,1-2H3,(H2,12,18)(H,13,15). The van der Waals surface area contributed by atoms with E-state index in [1.807, 2.05) is 0 Å². The van der Waals surface area contributed by atoms with Crippen molar-refractivity contribution in [3.63, 3.8) is 0 Å². The molecule has 0 atom stereocenters. The summed E-state index contributed by atoms with van der Waals surface area (Å²) in [7, 11) is -2.30. The zero-order valence-electron chi connectivity index (χ0n) is 10.6. The monoisotopic (exact) mass is 301 g/mol. The van der Waals surface area contributed by atoms with E-state index in [9.17, 15) is 13.2 Å². The molecule has 8 heteroatoms. The second kappa shape index (κ2) is 6.09. The molecule has 0 aliphatic carbocycles. The van der Waals surface area contributed by atoms with E-state index in [2.05, 4.69) is 10.0 Å². The van der Waals surface area contributed by atoms with Crippen molar-refractivity contribution < 1.29 is 13.2 Å². The molecule has 0 aromatic heterocycles. The predicted molar refractivity (Wildman–Crippen MR) is 76.3 cm³/mol. The quantitative estimate of drug-likeness (QED) is 0.646. The van der Waals surface area contributed by atoms with Gasteiger partial charge >= 0.3 is 0 Å². The number of amides is 1. The number of hydrogen-bond acceptors (Lipinski definition) is 4. The van der Waals surface area contributed by atoms with Crippen LogP contribution in [0, 0.1) is 6.92 Å². The summed E-state index contributed by atoms with van der Waals surface area (Å²) in [5.74, 6) is -0.416. The van der Waals surface area contributed by atoms with E-state index < -0.39 is 15.9 Å². The minimum absolute atomic E-state index is 0.0939. The Morgan fingerprint density at radius 2 is 2.05 bits per heavy atom. The topological polar surface area (TPSA) is 101 Å². The van der Waals surface area contributed by atoms with Gasteiger partial charge in [-0.2, -0.15) is 0 Å². The van der Waals surface area contributed by atoms with Crippen LogP contribution >= 0.6 is 12.2 Å². The Hall–Kier alpha value is -1.51. The number of likely N-dealkylation sites (N-methyl/N-ethyl adjacent to an activating group) is 1. The molecule has 0 radical (unpaired) electrons. The van der Waals surface area contributed by atoms with Gasteiger partial charge in [-0.25, -0.2) is 13.1 Å². The van der Waals surface area contributed by atoms with Crippen molar-refractivity contribution in [3.8, 4) is 0 Å². The van der Waals surface area contributed by atoms with E-state index in [-0.39, 0.29) is 16.4 Å². The average Bonchev–Trinajstić information content (AvgIpc) is 2.35. The SMILES string of the molecule is CNC(=O)CNS(=O)(=O)c1ccc(C(N)=S)cc1C. The zero-order chi connectivity index (χ0) is 14.6. The summed E-state index contributed by atoms with van der Waals surface area (Å²) >= 11 is 4.82. The molecule has 6 nitrogen and oxygen atoms in total. The summed E-state index contributed by atoms with van der Waals surface area (Å²) in [4.78, 5) is 11.3. The van der Waals surface area contributed by atoms with Crippen molar-refractivity contribution in [1.82, 2.24) is 10.0 Å². The van der Waals surface area contributed by atoms with Gasteiger partial charge in [0.25, 0.3) is 0 Å². The lowest BCUT2D eigenvalue weighted by molar-refractivity contribution is -0.119. The van der Waals surface area contributed by atoms with Gasteiger partial charge in [0.1, 0.15) is 4.99 Å². The molecule has 19 heavy (non-hydrogen) atoms. The molecule has 0 heterocycles. The largest absolute Gasteiger partial charge is 0.389 e. The molecule has 0 spiro atoms. The fraction of sp³-hybridized carbons (Fsp3) is 0.273. The van der Waals surface area contributed by atoms with Crippen LogP contribution in [0.1, 0.15) is 11.1 Å². The zero-order valence-corrected chi connectivity index (χ0v) is 12.2. The lowest BCUT2D eigenvalue weighted by Crippen LogP contribution is -2.35. The number of thiocarbonyl (C=S) groups is 1. The van der Waals surface area contributed by atoms with Crippen LogP contribution in [0.25, 0.3) is 0 Å². The summed E-state index contributed by atoms with van der Waals surface area (Å²) in [5.41, 5.74) is 6.58. The highest BCUT2D eigenvalue weighted by Crippen LogP contribution is 2.16. The second-order valence-corrected chi connectivity index (χ2v) is 6.02. The number of rotatable bonds is 5. The van der Waals surface area contributed by atoms with Crippen LogP contribution in [-0.4, -0.2) is 32.9 Å². The number of nitrogens with two attached hydrogens (primary N) is 1. The molecule has 1 aromatic rings. The lowest BCUT2D eigenvalue weighted by atomic mass is 10.1. The number of aryl methyl sites for hydroxylation is 1. The van der Waals surface area contributed by atoms with Gasteiger partial charge in [0.15, 0.2) is 0 Å². The van der Waals surface area contributed by atoms with Gasteiger partial charge in [-0.1, -0.05) is 18.3 Å². The van der Waals surface area contributed by atoms with Gasteiger partial charge in [0, 0.05) is 12.6 Å². The Labute approximate surface area is 117 Å². The molecule has 104 valence electrons. The lowest BCUT2D eigenvalue weighted by Gasteiger charge is -2.10. The van der Waals surface area contributed by atoms with Gasteiger partial charge < -0.3 is 11.1 Å². The number of benzene rings is 1. The van der Waals surface area contributed by atoms with Crippen molar-refractivity contribution >= 4 is 33.1 Å². The van der Waals surface area contributed by atoms with Crippen LogP contribution in [0.4, 0.5) is 0 Å². The van der Waals surface area contributed by atoms with E-state index >= 15 is 0 Å². The number of carbonyl (C=O) groups is 1. The molecule has 0 aliphatic heterocycles. The summed E-state index contributed by atoms with van der Waals surface area (Å²) < 4.78 is 26.2. The first-order chi connectivity index (χ1) is 8.77. The van der Waals surface area contributed by atoms with Crippen LogP contribution in [0.3, 0.4) is 0 Å². The normalized spacial score (nSPS) is 11.1. The highest BCUT2D eigenvalue weighted by molar-refractivity contribution is 7.89. The highest BCUT2D eigenvalue weighted by Gasteiger charge is 2.18. The maximum atomic E-state index is 12.0. The van der Waals surface area contributed by atoms with E-state index in [0.29, 0.717) is 11.1 Å². The van der Waals surface area contributed by atoms with Gasteiger partial charge in [-0.15, -0.1) is 0 Å². The summed E-state index contributed by atoms with van der Waals surface area (Å²) in [6, 6.07) is 4.54. The molecule has 0 saturated carbocycles. The van der Waals surface area contributed by atoms with Crippen molar-refractivity contribution in [2.45, 2.75) is 11.8 Å². The molecule has 4 N–H and O–H groups in total. The third kappa shape index (κ3) is 3.98. The highest BCUT2D eigenvalue weighted by atomic mass is 32.2. The first-order valence-corrected chi connectivity index (χ1v) is 7.28. The number of carbonyl (C=O) groups excluding carboxylic acids is 1. The van der Waals surface area contributed by atoms with Crippen LogP contribution in [0.2, 0.25) is 0 Å². The van der Waals surface area contributed by atoms with E-state index in [0.717, 1.165) is 0 Å². The molecule has 0 unspecified atom stereocenters. The Morgan fingerprint density at radius 1 is 1.42 bits per heavy atom. The minimum atomic E-state index is -3.73. The van der Waals surface area contributed by atoms with Crippen molar-refractivity contribution in [1.29, 1.82) is 0 Å². The van der Waals surface area contributed by atoms with Crippen molar-refractivity contribution in [2.24, 2.45) is 5.73 Å².